The quantitative estimate of drug-likeness (QED) is 0.478. The van der Waals surface area contributed by atoms with Gasteiger partial charge in [-0.25, -0.2) is 4.79 Å². The normalized spacial score (nSPS) is 41.3. The van der Waals surface area contributed by atoms with Crippen molar-refractivity contribution >= 4 is 11.8 Å². The van der Waals surface area contributed by atoms with Crippen LogP contribution in [0.25, 0.3) is 0 Å². The van der Waals surface area contributed by atoms with E-state index in [9.17, 15) is 9.59 Å². The molecule has 3 saturated carbocycles. The summed E-state index contributed by atoms with van der Waals surface area (Å²) in [5, 5.41) is 0. The van der Waals surface area contributed by atoms with Crippen LogP contribution in [-0.4, -0.2) is 29.3 Å². The third-order valence-corrected chi connectivity index (χ3v) is 9.29. The molecule has 0 aromatic rings. The van der Waals surface area contributed by atoms with Crippen molar-refractivity contribution in [3.05, 3.63) is 35.7 Å². The number of allylic oxidation sites excluding steroid dienone is 3. The number of hydrogen-bond donors (Lipinski definition) is 0. The second-order valence-electron chi connectivity index (χ2n) is 10.5. The predicted octanol–water partition coefficient (Wildman–Crippen LogP) is 4.78. The molecule has 31 heavy (non-hydrogen) atoms. The lowest BCUT2D eigenvalue weighted by Gasteiger charge is -2.55. The maximum atomic E-state index is 13.1. The van der Waals surface area contributed by atoms with Crippen molar-refractivity contribution < 1.29 is 14.3 Å². The highest BCUT2D eigenvalue weighted by Gasteiger charge is 2.64. The zero-order valence-electron chi connectivity index (χ0n) is 18.7. The van der Waals surface area contributed by atoms with Gasteiger partial charge in [-0.15, -0.1) is 6.42 Å². The van der Waals surface area contributed by atoms with E-state index in [1.807, 2.05) is 36.4 Å². The van der Waals surface area contributed by atoms with Crippen molar-refractivity contribution in [2.75, 3.05) is 7.05 Å². The summed E-state index contributed by atoms with van der Waals surface area (Å²) in [6, 6.07) is 0. The summed E-state index contributed by atoms with van der Waals surface area (Å²) in [6.07, 6.45) is 22.4. The summed E-state index contributed by atoms with van der Waals surface area (Å²) in [4.78, 5) is 26.9. The number of carbonyl (C=O) groups is 2. The van der Waals surface area contributed by atoms with Crippen LogP contribution in [0.4, 0.5) is 0 Å². The van der Waals surface area contributed by atoms with Gasteiger partial charge in [-0.2, -0.15) is 0 Å². The third-order valence-electron chi connectivity index (χ3n) is 9.29. The minimum absolute atomic E-state index is 0.187. The molecule has 6 atom stereocenters. The minimum Gasteiger partial charge on any atom is -0.441 e. The molecule has 0 amide bonds. The van der Waals surface area contributed by atoms with Gasteiger partial charge < -0.3 is 9.64 Å². The standard InChI is InChI=1S/C27H33NO3/c1-4-27(31-25(30)24-7-5-6-16-28(24)3)15-13-23-22-10-8-18-17-19(29)9-11-20(18)21(22)12-14-26(23,27)2/h1,6-7,16-17,20-23H,5,8-15H2,2-3H3/t20-,21+,22+,23-,26-,27-/m0/s1. The molecular formula is C27H33NO3. The zero-order chi connectivity index (χ0) is 21.8. The van der Waals surface area contributed by atoms with Crippen LogP contribution in [0.5, 0.6) is 0 Å². The second-order valence-corrected chi connectivity index (χ2v) is 10.5. The summed E-state index contributed by atoms with van der Waals surface area (Å²) in [6.45, 7) is 2.28. The highest BCUT2D eigenvalue weighted by molar-refractivity contribution is 5.91. The van der Waals surface area contributed by atoms with Crippen LogP contribution in [0.3, 0.4) is 0 Å². The van der Waals surface area contributed by atoms with Gasteiger partial charge in [-0.3, -0.25) is 4.79 Å². The Morgan fingerprint density at radius 1 is 1.19 bits per heavy atom. The van der Waals surface area contributed by atoms with Crippen molar-refractivity contribution in [3.8, 4) is 12.3 Å². The van der Waals surface area contributed by atoms with Gasteiger partial charge in [-0.1, -0.05) is 24.5 Å². The molecule has 4 nitrogen and oxygen atoms in total. The Labute approximate surface area is 185 Å². The van der Waals surface area contributed by atoms with Crippen LogP contribution < -0.4 is 0 Å². The number of nitrogens with zero attached hydrogens (tertiary/aromatic N) is 1. The van der Waals surface area contributed by atoms with Gasteiger partial charge >= 0.3 is 5.97 Å². The molecule has 1 aliphatic heterocycles. The Bertz CT molecular complexity index is 937. The number of fused-ring (bicyclic) bond motifs is 5. The molecule has 0 radical (unpaired) electrons. The van der Waals surface area contributed by atoms with Gasteiger partial charge in [0.05, 0.1) is 0 Å². The zero-order valence-corrected chi connectivity index (χ0v) is 18.7. The Kier molecular flexibility index (Phi) is 4.92. The molecule has 0 aromatic carbocycles. The molecule has 164 valence electrons. The first-order valence-corrected chi connectivity index (χ1v) is 11.9. The molecule has 0 spiro atoms. The average molecular weight is 420 g/mol. The van der Waals surface area contributed by atoms with Crippen LogP contribution in [0.1, 0.15) is 64.7 Å². The Morgan fingerprint density at radius 2 is 2.03 bits per heavy atom. The summed E-state index contributed by atoms with van der Waals surface area (Å²) >= 11 is 0. The highest BCUT2D eigenvalue weighted by atomic mass is 16.6. The highest BCUT2D eigenvalue weighted by Crippen LogP contribution is 2.65. The first-order valence-electron chi connectivity index (χ1n) is 11.9. The molecule has 0 unspecified atom stereocenters. The number of likely N-dealkylation sites (N-methyl/N-ethyl adjacent to an activating group) is 1. The molecule has 1 heterocycles. The van der Waals surface area contributed by atoms with Crippen molar-refractivity contribution in [3.63, 3.8) is 0 Å². The molecule has 5 rings (SSSR count). The van der Waals surface area contributed by atoms with E-state index in [1.54, 1.807) is 0 Å². The van der Waals surface area contributed by atoms with Crippen LogP contribution in [0, 0.1) is 41.4 Å². The van der Waals surface area contributed by atoms with Gasteiger partial charge in [0.25, 0.3) is 0 Å². The molecule has 5 aliphatic rings. The number of ether oxygens (including phenoxy) is 1. The van der Waals surface area contributed by atoms with Crippen molar-refractivity contribution in [1.82, 2.24) is 4.90 Å². The predicted molar refractivity (Wildman–Crippen MR) is 119 cm³/mol. The lowest BCUT2D eigenvalue weighted by Crippen LogP contribution is -2.54. The third kappa shape index (κ3) is 3.04. The molecule has 3 fully saturated rings. The van der Waals surface area contributed by atoms with E-state index >= 15 is 0 Å². The fourth-order valence-electron chi connectivity index (χ4n) is 7.67. The summed E-state index contributed by atoms with van der Waals surface area (Å²) in [7, 11) is 1.87. The maximum Gasteiger partial charge on any atom is 0.356 e. The van der Waals surface area contributed by atoms with Gasteiger partial charge in [-0.05, 0) is 87.2 Å². The second kappa shape index (κ2) is 7.40. The monoisotopic (exact) mass is 419 g/mol. The van der Waals surface area contributed by atoms with E-state index in [2.05, 4.69) is 12.8 Å². The Hall–Kier alpha value is -2.28. The van der Waals surface area contributed by atoms with E-state index in [0.29, 0.717) is 41.6 Å². The SMILES string of the molecule is C#C[C@]1(OC(=O)C2=CCC=CN2C)CC[C@H]2[C@@H]3CCC4=CC(=O)CC[C@@H]4[C@H]3CC[C@@]21C. The lowest BCUT2D eigenvalue weighted by atomic mass is 9.50. The first kappa shape index (κ1) is 20.6. The molecule has 0 saturated heterocycles. The summed E-state index contributed by atoms with van der Waals surface area (Å²) in [5.41, 5.74) is 0.959. The smallest absolute Gasteiger partial charge is 0.356 e. The van der Waals surface area contributed by atoms with E-state index in [1.165, 1.54) is 5.57 Å². The van der Waals surface area contributed by atoms with Crippen LogP contribution in [0.15, 0.2) is 35.7 Å². The fourth-order valence-corrected chi connectivity index (χ4v) is 7.67. The van der Waals surface area contributed by atoms with E-state index in [-0.39, 0.29) is 11.4 Å². The largest absolute Gasteiger partial charge is 0.441 e. The lowest BCUT2D eigenvalue weighted by molar-refractivity contribution is -0.167. The number of rotatable bonds is 2. The first-order chi connectivity index (χ1) is 14.9. The molecule has 0 N–H and O–H groups in total. The number of carbonyl (C=O) groups excluding carboxylic acids is 2. The molecular weight excluding hydrogens is 386 g/mol. The number of esters is 1. The number of terminal acetylenes is 1. The topological polar surface area (TPSA) is 46.6 Å². The van der Waals surface area contributed by atoms with Gasteiger partial charge in [0.1, 0.15) is 5.70 Å². The van der Waals surface area contributed by atoms with Crippen LogP contribution >= 0.6 is 0 Å². The van der Waals surface area contributed by atoms with Gasteiger partial charge in [0, 0.05) is 25.1 Å². The van der Waals surface area contributed by atoms with Gasteiger partial charge in [0.15, 0.2) is 11.4 Å². The van der Waals surface area contributed by atoms with E-state index in [0.717, 1.165) is 51.4 Å². The average Bonchev–Trinajstić information content (AvgIpc) is 3.06. The van der Waals surface area contributed by atoms with Crippen molar-refractivity contribution in [2.45, 2.75) is 70.3 Å². The van der Waals surface area contributed by atoms with Gasteiger partial charge in [0.2, 0.25) is 0 Å². The molecule has 4 aliphatic carbocycles. The minimum atomic E-state index is -0.832. The van der Waals surface area contributed by atoms with Crippen molar-refractivity contribution in [2.24, 2.45) is 29.1 Å². The van der Waals surface area contributed by atoms with E-state index in [4.69, 9.17) is 11.2 Å². The molecule has 0 bridgehead atoms. The maximum absolute atomic E-state index is 13.1. The molecule has 0 aromatic heterocycles. The van der Waals surface area contributed by atoms with E-state index < -0.39 is 5.60 Å². The van der Waals surface area contributed by atoms with Crippen molar-refractivity contribution in [1.29, 1.82) is 0 Å². The van der Waals surface area contributed by atoms with Crippen LogP contribution in [-0.2, 0) is 14.3 Å². The molecule has 4 heteroatoms. The number of ketones is 1. The number of hydrogen-bond acceptors (Lipinski definition) is 4. The van der Waals surface area contributed by atoms with Crippen LogP contribution in [0.2, 0.25) is 0 Å². The summed E-state index contributed by atoms with van der Waals surface area (Å²) < 4.78 is 6.26. The Balaban J connectivity index is 1.40. The Morgan fingerprint density at radius 3 is 2.81 bits per heavy atom. The summed E-state index contributed by atoms with van der Waals surface area (Å²) in [5.74, 6) is 5.31. The fraction of sp³-hybridized carbons (Fsp3) is 0.630.